The molecule has 2 aromatic rings. The van der Waals surface area contributed by atoms with Crippen LogP contribution in [0.1, 0.15) is 30.1 Å². The molecule has 0 bridgehead atoms. The van der Waals surface area contributed by atoms with E-state index >= 15 is 0 Å². The van der Waals surface area contributed by atoms with Crippen LogP contribution >= 0.6 is 0 Å². The number of nitrogens with zero attached hydrogens (tertiary/aromatic N) is 1. The van der Waals surface area contributed by atoms with E-state index < -0.39 is 0 Å². The van der Waals surface area contributed by atoms with Gasteiger partial charge in [-0.15, -0.1) is 0 Å². The fourth-order valence-corrected chi connectivity index (χ4v) is 2.68. The monoisotopic (exact) mass is 353 g/mol. The molecule has 2 N–H and O–H groups in total. The first-order chi connectivity index (χ1) is 12.7. The van der Waals surface area contributed by atoms with Gasteiger partial charge in [-0.05, 0) is 55.0 Å². The standard InChI is InChI=1S/C20H23N3O3/c1-2-3-14-26-18-10-4-15(5-11-18)19(24)22-16-6-8-17(9-7-16)23-13-12-21-20(23)25/h4-11H,2-3,12-14H2,1H3,(H,21,25)(H,22,24). The van der Waals surface area contributed by atoms with Crippen molar-refractivity contribution in [2.45, 2.75) is 19.8 Å². The lowest BCUT2D eigenvalue weighted by atomic mass is 10.2. The summed E-state index contributed by atoms with van der Waals surface area (Å²) in [6, 6.07) is 14.2. The summed E-state index contributed by atoms with van der Waals surface area (Å²) in [4.78, 5) is 25.7. The van der Waals surface area contributed by atoms with E-state index in [1.54, 1.807) is 41.3 Å². The molecule has 3 rings (SSSR count). The van der Waals surface area contributed by atoms with Crippen molar-refractivity contribution in [1.82, 2.24) is 5.32 Å². The summed E-state index contributed by atoms with van der Waals surface area (Å²) in [5.74, 6) is 0.583. The molecule has 0 aromatic heterocycles. The molecule has 0 aliphatic carbocycles. The molecular weight excluding hydrogens is 330 g/mol. The summed E-state index contributed by atoms with van der Waals surface area (Å²) in [6.45, 7) is 4.10. The molecule has 3 amide bonds. The van der Waals surface area contributed by atoms with E-state index in [1.165, 1.54) is 0 Å². The molecule has 6 nitrogen and oxygen atoms in total. The molecular formula is C20H23N3O3. The normalized spacial score (nSPS) is 13.4. The smallest absolute Gasteiger partial charge is 0.321 e. The van der Waals surface area contributed by atoms with Crippen LogP contribution in [0.3, 0.4) is 0 Å². The van der Waals surface area contributed by atoms with Crippen LogP contribution in [0.2, 0.25) is 0 Å². The van der Waals surface area contributed by atoms with Gasteiger partial charge in [0.25, 0.3) is 5.91 Å². The third-order valence-electron chi connectivity index (χ3n) is 4.18. The van der Waals surface area contributed by atoms with Gasteiger partial charge in [-0.3, -0.25) is 9.69 Å². The molecule has 0 radical (unpaired) electrons. The maximum Gasteiger partial charge on any atom is 0.321 e. The molecule has 26 heavy (non-hydrogen) atoms. The molecule has 1 fully saturated rings. The van der Waals surface area contributed by atoms with Crippen molar-refractivity contribution in [1.29, 1.82) is 0 Å². The Morgan fingerprint density at radius 1 is 1.15 bits per heavy atom. The Morgan fingerprint density at radius 3 is 2.50 bits per heavy atom. The second-order valence-corrected chi connectivity index (χ2v) is 6.11. The number of ether oxygens (including phenoxy) is 1. The molecule has 0 atom stereocenters. The Bertz CT molecular complexity index is 757. The zero-order chi connectivity index (χ0) is 18.4. The predicted molar refractivity (Wildman–Crippen MR) is 102 cm³/mol. The Balaban J connectivity index is 1.58. The summed E-state index contributed by atoms with van der Waals surface area (Å²) >= 11 is 0. The van der Waals surface area contributed by atoms with Crippen molar-refractivity contribution in [3.8, 4) is 5.75 Å². The lowest BCUT2D eigenvalue weighted by Crippen LogP contribution is -2.27. The van der Waals surface area contributed by atoms with Gasteiger partial charge in [-0.25, -0.2) is 4.79 Å². The molecule has 0 saturated carbocycles. The van der Waals surface area contributed by atoms with Gasteiger partial charge in [0, 0.05) is 30.0 Å². The summed E-state index contributed by atoms with van der Waals surface area (Å²) in [7, 11) is 0. The van der Waals surface area contributed by atoms with Gasteiger partial charge in [0.05, 0.1) is 6.61 Å². The van der Waals surface area contributed by atoms with Gasteiger partial charge >= 0.3 is 6.03 Å². The number of carbonyl (C=O) groups is 2. The van der Waals surface area contributed by atoms with Crippen molar-refractivity contribution in [2.24, 2.45) is 0 Å². The van der Waals surface area contributed by atoms with Gasteiger partial charge < -0.3 is 15.4 Å². The van der Waals surface area contributed by atoms with Crippen molar-refractivity contribution in [3.63, 3.8) is 0 Å². The fourth-order valence-electron chi connectivity index (χ4n) is 2.68. The number of urea groups is 1. The third kappa shape index (κ3) is 4.33. The minimum Gasteiger partial charge on any atom is -0.494 e. The first-order valence-corrected chi connectivity index (χ1v) is 8.87. The number of unbranched alkanes of at least 4 members (excludes halogenated alkanes) is 1. The lowest BCUT2D eigenvalue weighted by molar-refractivity contribution is 0.102. The molecule has 0 unspecified atom stereocenters. The minimum atomic E-state index is -0.184. The van der Waals surface area contributed by atoms with E-state index in [2.05, 4.69) is 17.6 Å². The summed E-state index contributed by atoms with van der Waals surface area (Å²) in [6.07, 6.45) is 2.10. The van der Waals surface area contributed by atoms with Crippen LogP contribution in [-0.2, 0) is 0 Å². The summed E-state index contributed by atoms with van der Waals surface area (Å²) < 4.78 is 5.60. The van der Waals surface area contributed by atoms with Crippen molar-refractivity contribution < 1.29 is 14.3 Å². The molecule has 1 aliphatic rings. The fraction of sp³-hybridized carbons (Fsp3) is 0.300. The predicted octanol–water partition coefficient (Wildman–Crippen LogP) is 3.65. The van der Waals surface area contributed by atoms with Crippen molar-refractivity contribution in [3.05, 3.63) is 54.1 Å². The van der Waals surface area contributed by atoms with Gasteiger partial charge in [-0.2, -0.15) is 0 Å². The number of benzene rings is 2. The van der Waals surface area contributed by atoms with Crippen LogP contribution < -0.4 is 20.3 Å². The largest absolute Gasteiger partial charge is 0.494 e. The number of hydrogen-bond donors (Lipinski definition) is 2. The van der Waals surface area contributed by atoms with E-state index in [9.17, 15) is 9.59 Å². The highest BCUT2D eigenvalue weighted by Gasteiger charge is 2.20. The zero-order valence-electron chi connectivity index (χ0n) is 14.8. The Morgan fingerprint density at radius 2 is 1.88 bits per heavy atom. The van der Waals surface area contributed by atoms with Crippen molar-refractivity contribution in [2.75, 3.05) is 29.9 Å². The Hall–Kier alpha value is -3.02. The van der Waals surface area contributed by atoms with Crippen molar-refractivity contribution >= 4 is 23.3 Å². The van der Waals surface area contributed by atoms with Gasteiger partial charge in [0.2, 0.25) is 0 Å². The highest BCUT2D eigenvalue weighted by atomic mass is 16.5. The SMILES string of the molecule is CCCCOc1ccc(C(=O)Nc2ccc(N3CCNC3=O)cc2)cc1. The van der Waals surface area contributed by atoms with Crippen LogP contribution in [0.25, 0.3) is 0 Å². The van der Waals surface area contributed by atoms with Crippen LogP contribution in [0.4, 0.5) is 16.2 Å². The Labute approximate surface area is 153 Å². The Kier molecular flexibility index (Phi) is 5.73. The first-order valence-electron chi connectivity index (χ1n) is 8.87. The molecule has 0 spiro atoms. The lowest BCUT2D eigenvalue weighted by Gasteiger charge is -2.14. The number of hydrogen-bond acceptors (Lipinski definition) is 3. The van der Waals surface area contributed by atoms with Gasteiger partial charge in [-0.1, -0.05) is 13.3 Å². The number of carbonyl (C=O) groups excluding carboxylic acids is 2. The molecule has 6 heteroatoms. The number of anilines is 2. The van der Waals surface area contributed by atoms with Crippen LogP contribution in [0.15, 0.2) is 48.5 Å². The summed E-state index contributed by atoms with van der Waals surface area (Å²) in [5.41, 5.74) is 2.06. The highest BCUT2D eigenvalue weighted by molar-refractivity contribution is 6.04. The maximum atomic E-state index is 12.4. The second-order valence-electron chi connectivity index (χ2n) is 6.11. The number of rotatable bonds is 7. The van der Waals surface area contributed by atoms with Gasteiger partial charge in [0.1, 0.15) is 5.75 Å². The highest BCUT2D eigenvalue weighted by Crippen LogP contribution is 2.20. The number of nitrogens with one attached hydrogen (secondary N) is 2. The molecule has 2 aromatic carbocycles. The van der Waals surface area contributed by atoms with E-state index in [4.69, 9.17) is 4.74 Å². The van der Waals surface area contributed by atoms with E-state index in [1.807, 2.05) is 12.1 Å². The molecule has 1 aliphatic heterocycles. The molecule has 136 valence electrons. The topological polar surface area (TPSA) is 70.7 Å². The summed E-state index contributed by atoms with van der Waals surface area (Å²) in [5, 5.41) is 5.62. The second kappa shape index (κ2) is 8.38. The third-order valence-corrected chi connectivity index (χ3v) is 4.18. The van der Waals surface area contributed by atoms with E-state index in [0.29, 0.717) is 30.9 Å². The average molecular weight is 353 g/mol. The van der Waals surface area contributed by atoms with Gasteiger partial charge in [0.15, 0.2) is 0 Å². The van der Waals surface area contributed by atoms with Crippen LogP contribution in [0.5, 0.6) is 5.75 Å². The minimum absolute atomic E-state index is 0.0944. The quantitative estimate of drug-likeness (QED) is 0.747. The first kappa shape index (κ1) is 17.8. The zero-order valence-corrected chi connectivity index (χ0v) is 14.8. The van der Waals surface area contributed by atoms with E-state index in [0.717, 1.165) is 24.3 Å². The molecule has 1 saturated heterocycles. The average Bonchev–Trinajstić information content (AvgIpc) is 3.09. The molecule has 1 heterocycles. The number of amides is 3. The van der Waals surface area contributed by atoms with E-state index in [-0.39, 0.29) is 11.9 Å². The van der Waals surface area contributed by atoms with Crippen LogP contribution in [0, 0.1) is 0 Å². The van der Waals surface area contributed by atoms with Crippen LogP contribution in [-0.4, -0.2) is 31.6 Å². The maximum absolute atomic E-state index is 12.4.